The number of benzene rings is 1. The largest absolute Gasteiger partial charge is 0.398 e. The van der Waals surface area contributed by atoms with Crippen molar-refractivity contribution < 1.29 is 8.42 Å². The van der Waals surface area contributed by atoms with Crippen LogP contribution in [0, 0.1) is 11.3 Å². The highest BCUT2D eigenvalue weighted by atomic mass is 32.2. The Hall–Kier alpha value is -1.78. The predicted octanol–water partition coefficient (Wildman–Crippen LogP) is 0.296. The zero-order valence-electron chi connectivity index (χ0n) is 10.1. The first kappa shape index (κ1) is 14.3. The molecule has 0 aliphatic carbocycles. The van der Waals surface area contributed by atoms with E-state index in [1.807, 2.05) is 6.07 Å². The van der Waals surface area contributed by atoms with Gasteiger partial charge in [-0.05, 0) is 23.8 Å². The molecule has 1 rings (SSSR count). The van der Waals surface area contributed by atoms with E-state index in [2.05, 4.69) is 10.0 Å². The summed E-state index contributed by atoms with van der Waals surface area (Å²) in [5.41, 5.74) is 7.87. The zero-order valence-corrected chi connectivity index (χ0v) is 10.9. The van der Waals surface area contributed by atoms with E-state index in [0.717, 1.165) is 17.5 Å². The molecule has 1 aromatic carbocycles. The average molecular weight is 268 g/mol. The maximum absolute atomic E-state index is 10.8. The van der Waals surface area contributed by atoms with Gasteiger partial charge in [0.25, 0.3) is 0 Å². The minimum absolute atomic E-state index is 0.253. The van der Waals surface area contributed by atoms with Crippen LogP contribution in [0.25, 0.3) is 0 Å². The summed E-state index contributed by atoms with van der Waals surface area (Å²) in [6.45, 7) is 0.764. The van der Waals surface area contributed by atoms with E-state index in [1.54, 1.807) is 18.2 Å². The summed E-state index contributed by atoms with van der Waals surface area (Å²) in [6, 6.07) is 7.34. The summed E-state index contributed by atoms with van der Waals surface area (Å²) in [7, 11) is -3.16. The molecule has 0 amide bonds. The van der Waals surface area contributed by atoms with Crippen LogP contribution >= 0.6 is 0 Å². The van der Waals surface area contributed by atoms with E-state index in [1.165, 1.54) is 0 Å². The summed E-state index contributed by atoms with van der Waals surface area (Å²) in [5, 5.41) is 11.7. The molecule has 0 aliphatic rings. The molecule has 0 atom stereocenters. The third kappa shape index (κ3) is 5.03. The Morgan fingerprint density at radius 2 is 2.11 bits per heavy atom. The predicted molar refractivity (Wildman–Crippen MR) is 71.5 cm³/mol. The molecule has 0 spiro atoms. The van der Waals surface area contributed by atoms with Crippen molar-refractivity contribution in [3.05, 3.63) is 23.8 Å². The summed E-state index contributed by atoms with van der Waals surface area (Å²) in [4.78, 5) is 0. The summed E-state index contributed by atoms with van der Waals surface area (Å²) < 4.78 is 24.0. The lowest BCUT2D eigenvalue weighted by Gasteiger charge is -2.09. The Kier molecular flexibility index (Phi) is 4.95. The zero-order chi connectivity index (χ0) is 13.6. The van der Waals surface area contributed by atoms with E-state index in [0.29, 0.717) is 18.8 Å². The van der Waals surface area contributed by atoms with Gasteiger partial charge >= 0.3 is 0 Å². The number of nitriles is 1. The van der Waals surface area contributed by atoms with Crippen LogP contribution in [-0.4, -0.2) is 27.8 Å². The SMILES string of the molecule is CS(=O)(=O)NCCNc1ccc(N)c(CC#N)c1. The van der Waals surface area contributed by atoms with Crippen LogP contribution in [0.4, 0.5) is 11.4 Å². The Bertz CT molecular complexity index is 549. The van der Waals surface area contributed by atoms with Crippen LogP contribution in [0.3, 0.4) is 0 Å². The van der Waals surface area contributed by atoms with Crippen LogP contribution in [0.5, 0.6) is 0 Å². The van der Waals surface area contributed by atoms with Crippen LogP contribution in [-0.2, 0) is 16.4 Å². The van der Waals surface area contributed by atoms with Crippen molar-refractivity contribution in [2.24, 2.45) is 0 Å². The van der Waals surface area contributed by atoms with Gasteiger partial charge in [-0.15, -0.1) is 0 Å². The van der Waals surface area contributed by atoms with E-state index < -0.39 is 10.0 Å². The van der Waals surface area contributed by atoms with Crippen molar-refractivity contribution in [3.8, 4) is 6.07 Å². The monoisotopic (exact) mass is 268 g/mol. The molecule has 0 aromatic heterocycles. The summed E-state index contributed by atoms with van der Waals surface area (Å²) >= 11 is 0. The Balaban J connectivity index is 2.53. The highest BCUT2D eigenvalue weighted by Crippen LogP contribution is 2.17. The number of rotatable bonds is 6. The van der Waals surface area contributed by atoms with Crippen LogP contribution < -0.4 is 15.8 Å². The van der Waals surface area contributed by atoms with Crippen molar-refractivity contribution >= 4 is 21.4 Å². The topological polar surface area (TPSA) is 108 Å². The van der Waals surface area contributed by atoms with Gasteiger partial charge in [-0.25, -0.2) is 13.1 Å². The van der Waals surface area contributed by atoms with Crippen molar-refractivity contribution in [3.63, 3.8) is 0 Å². The Morgan fingerprint density at radius 3 is 2.72 bits per heavy atom. The number of anilines is 2. The van der Waals surface area contributed by atoms with Gasteiger partial charge in [-0.3, -0.25) is 0 Å². The Morgan fingerprint density at radius 1 is 1.39 bits per heavy atom. The van der Waals surface area contributed by atoms with Crippen LogP contribution in [0.1, 0.15) is 5.56 Å². The number of nitrogens with two attached hydrogens (primary N) is 1. The fourth-order valence-electron chi connectivity index (χ4n) is 1.40. The Labute approximate surface area is 107 Å². The molecule has 4 N–H and O–H groups in total. The van der Waals surface area contributed by atoms with Crippen molar-refractivity contribution in [2.75, 3.05) is 30.4 Å². The summed E-state index contributed by atoms with van der Waals surface area (Å²) in [5.74, 6) is 0. The molecule has 7 heteroatoms. The van der Waals surface area contributed by atoms with Gasteiger partial charge in [0, 0.05) is 24.5 Å². The first-order valence-corrected chi connectivity index (χ1v) is 7.25. The molecule has 0 fully saturated rings. The lowest BCUT2D eigenvalue weighted by Crippen LogP contribution is -2.27. The molecular weight excluding hydrogens is 252 g/mol. The molecule has 0 saturated carbocycles. The number of sulfonamides is 1. The standard InChI is InChI=1S/C11H16N4O2S/c1-18(16,17)15-7-6-14-10-2-3-11(13)9(8-10)4-5-12/h2-3,8,14-15H,4,6-7,13H2,1H3. The third-order valence-corrected chi connectivity index (χ3v) is 2.96. The molecule has 0 heterocycles. The van der Waals surface area contributed by atoms with Crippen LogP contribution in [0.15, 0.2) is 18.2 Å². The molecule has 0 bridgehead atoms. The van der Waals surface area contributed by atoms with E-state index >= 15 is 0 Å². The average Bonchev–Trinajstić information content (AvgIpc) is 2.28. The second-order valence-electron chi connectivity index (χ2n) is 3.84. The van der Waals surface area contributed by atoms with E-state index in [-0.39, 0.29) is 6.42 Å². The molecule has 0 radical (unpaired) electrons. The number of hydrogen-bond acceptors (Lipinski definition) is 5. The minimum atomic E-state index is -3.16. The minimum Gasteiger partial charge on any atom is -0.398 e. The van der Waals surface area contributed by atoms with Crippen molar-refractivity contribution in [2.45, 2.75) is 6.42 Å². The number of nitrogens with zero attached hydrogens (tertiary/aromatic N) is 1. The van der Waals surface area contributed by atoms with Crippen molar-refractivity contribution in [1.29, 1.82) is 5.26 Å². The molecule has 98 valence electrons. The van der Waals surface area contributed by atoms with Gasteiger partial charge in [0.15, 0.2) is 0 Å². The molecule has 18 heavy (non-hydrogen) atoms. The quantitative estimate of drug-likeness (QED) is 0.508. The van der Waals surface area contributed by atoms with Gasteiger partial charge in [-0.1, -0.05) is 0 Å². The summed E-state index contributed by atoms with van der Waals surface area (Å²) in [6.07, 6.45) is 1.37. The van der Waals surface area contributed by atoms with Crippen LogP contribution in [0.2, 0.25) is 0 Å². The number of nitrogen functional groups attached to an aromatic ring is 1. The molecule has 1 aromatic rings. The van der Waals surface area contributed by atoms with Gasteiger partial charge in [0.1, 0.15) is 0 Å². The fourth-order valence-corrected chi connectivity index (χ4v) is 1.87. The maximum atomic E-state index is 10.8. The van der Waals surface area contributed by atoms with Crippen molar-refractivity contribution in [1.82, 2.24) is 4.72 Å². The molecular formula is C11H16N4O2S. The molecule has 6 nitrogen and oxygen atoms in total. The smallest absolute Gasteiger partial charge is 0.208 e. The van der Waals surface area contributed by atoms with Gasteiger partial charge < -0.3 is 11.1 Å². The first-order chi connectivity index (χ1) is 8.42. The molecule has 0 aliphatic heterocycles. The molecule has 0 saturated heterocycles. The first-order valence-electron chi connectivity index (χ1n) is 5.36. The lowest BCUT2D eigenvalue weighted by molar-refractivity contribution is 0.589. The van der Waals surface area contributed by atoms with E-state index in [4.69, 9.17) is 11.0 Å². The van der Waals surface area contributed by atoms with E-state index in [9.17, 15) is 8.42 Å². The van der Waals surface area contributed by atoms with Gasteiger partial charge in [0.05, 0.1) is 18.7 Å². The lowest BCUT2D eigenvalue weighted by atomic mass is 10.1. The highest BCUT2D eigenvalue weighted by Gasteiger charge is 2.02. The number of nitrogens with one attached hydrogen (secondary N) is 2. The second-order valence-corrected chi connectivity index (χ2v) is 5.67. The fraction of sp³-hybridized carbons (Fsp3) is 0.364. The third-order valence-electron chi connectivity index (χ3n) is 2.23. The second kappa shape index (κ2) is 6.23. The van der Waals surface area contributed by atoms with Gasteiger partial charge in [-0.2, -0.15) is 5.26 Å². The van der Waals surface area contributed by atoms with Gasteiger partial charge in [0.2, 0.25) is 10.0 Å². The number of hydrogen-bond donors (Lipinski definition) is 3. The molecule has 0 unspecified atom stereocenters. The highest BCUT2D eigenvalue weighted by molar-refractivity contribution is 7.88. The maximum Gasteiger partial charge on any atom is 0.208 e. The normalized spacial score (nSPS) is 10.9.